The lowest BCUT2D eigenvalue weighted by Crippen LogP contribution is -2.20. The van der Waals surface area contributed by atoms with Crippen LogP contribution in [0.1, 0.15) is 25.8 Å². The lowest BCUT2D eigenvalue weighted by atomic mass is 9.80. The molecule has 1 rings (SSSR count). The Labute approximate surface area is 102 Å². The van der Waals surface area contributed by atoms with Crippen molar-refractivity contribution in [2.45, 2.75) is 26.7 Å². The van der Waals surface area contributed by atoms with E-state index in [-0.39, 0.29) is 5.41 Å². The van der Waals surface area contributed by atoms with Crippen molar-refractivity contribution in [2.75, 3.05) is 5.33 Å². The minimum atomic E-state index is 0.218. The smallest absolute Gasteiger partial charge is 0.0123 e. The van der Waals surface area contributed by atoms with E-state index in [2.05, 4.69) is 66.7 Å². The summed E-state index contributed by atoms with van der Waals surface area (Å²) in [5.74, 6) is 0. The fourth-order valence-electron chi connectivity index (χ4n) is 1.46. The first-order valence-corrected chi connectivity index (χ1v) is 6.46. The Morgan fingerprint density at radius 1 is 1.33 bits per heavy atom. The number of rotatable bonds is 5. The summed E-state index contributed by atoms with van der Waals surface area (Å²) in [4.78, 5) is 0. The second-order valence-electron chi connectivity index (χ2n) is 4.46. The van der Waals surface area contributed by atoms with Crippen LogP contribution in [0.25, 0.3) is 0 Å². The zero-order valence-corrected chi connectivity index (χ0v) is 11.2. The first-order valence-electron chi connectivity index (χ1n) is 5.34. The molecule has 0 aliphatic rings. The Hall–Kier alpha value is -0.560. The molecule has 1 aromatic carbocycles. The van der Waals surface area contributed by atoms with Crippen LogP contribution in [0.4, 0.5) is 0 Å². The standard InChI is InChI=1S/C14H19Br/c1-12(2)14(3,11-15)10-9-13-7-5-4-6-8-13/h4-8H,1,9-11H2,2-3H3. The lowest BCUT2D eigenvalue weighted by molar-refractivity contribution is 0.422. The van der Waals surface area contributed by atoms with Crippen molar-refractivity contribution < 1.29 is 0 Å². The highest BCUT2D eigenvalue weighted by Crippen LogP contribution is 2.32. The molecule has 0 nitrogen and oxygen atoms in total. The van der Waals surface area contributed by atoms with Gasteiger partial charge in [-0.15, -0.1) is 0 Å². The molecule has 0 saturated carbocycles. The van der Waals surface area contributed by atoms with Gasteiger partial charge >= 0.3 is 0 Å². The van der Waals surface area contributed by atoms with Gasteiger partial charge in [0.1, 0.15) is 0 Å². The van der Waals surface area contributed by atoms with Crippen LogP contribution in [-0.2, 0) is 6.42 Å². The van der Waals surface area contributed by atoms with Gasteiger partial charge in [0.2, 0.25) is 0 Å². The molecule has 15 heavy (non-hydrogen) atoms. The molecule has 0 bridgehead atoms. The van der Waals surface area contributed by atoms with Gasteiger partial charge in [-0.3, -0.25) is 0 Å². The highest BCUT2D eigenvalue weighted by atomic mass is 79.9. The molecule has 0 amide bonds. The van der Waals surface area contributed by atoms with E-state index in [1.165, 1.54) is 11.1 Å². The van der Waals surface area contributed by atoms with Crippen molar-refractivity contribution >= 4 is 15.9 Å². The van der Waals surface area contributed by atoms with Gasteiger partial charge in [0.15, 0.2) is 0 Å². The zero-order valence-electron chi connectivity index (χ0n) is 9.59. The Morgan fingerprint density at radius 3 is 2.40 bits per heavy atom. The van der Waals surface area contributed by atoms with Crippen LogP contribution in [0.5, 0.6) is 0 Å². The first-order chi connectivity index (χ1) is 7.08. The van der Waals surface area contributed by atoms with Gasteiger partial charge < -0.3 is 0 Å². The fraction of sp³-hybridized carbons (Fsp3) is 0.429. The minimum absolute atomic E-state index is 0.218. The van der Waals surface area contributed by atoms with E-state index in [0.29, 0.717) is 0 Å². The van der Waals surface area contributed by atoms with Crippen LogP contribution in [0.3, 0.4) is 0 Å². The van der Waals surface area contributed by atoms with Gasteiger partial charge in [0.05, 0.1) is 0 Å². The summed E-state index contributed by atoms with van der Waals surface area (Å²) in [7, 11) is 0. The molecule has 82 valence electrons. The van der Waals surface area contributed by atoms with Gasteiger partial charge in [0, 0.05) is 5.33 Å². The molecule has 0 spiro atoms. The van der Waals surface area contributed by atoms with Crippen LogP contribution in [0, 0.1) is 5.41 Å². The molecule has 0 aromatic heterocycles. The highest BCUT2D eigenvalue weighted by molar-refractivity contribution is 9.09. The van der Waals surface area contributed by atoms with Crippen molar-refractivity contribution in [3.05, 3.63) is 48.0 Å². The molecular weight excluding hydrogens is 248 g/mol. The fourth-order valence-corrected chi connectivity index (χ4v) is 2.22. The average molecular weight is 267 g/mol. The molecule has 0 fully saturated rings. The summed E-state index contributed by atoms with van der Waals surface area (Å²) in [6.45, 7) is 8.47. The normalized spacial score (nSPS) is 14.6. The number of hydrogen-bond donors (Lipinski definition) is 0. The van der Waals surface area contributed by atoms with Crippen molar-refractivity contribution in [2.24, 2.45) is 5.41 Å². The Balaban J connectivity index is 2.59. The van der Waals surface area contributed by atoms with Crippen LogP contribution >= 0.6 is 15.9 Å². The van der Waals surface area contributed by atoms with Crippen molar-refractivity contribution in [3.8, 4) is 0 Å². The van der Waals surface area contributed by atoms with Crippen molar-refractivity contribution in [1.82, 2.24) is 0 Å². The molecule has 0 aliphatic carbocycles. The molecule has 1 heteroatoms. The van der Waals surface area contributed by atoms with Crippen LogP contribution in [0.2, 0.25) is 0 Å². The van der Waals surface area contributed by atoms with Gasteiger partial charge in [-0.1, -0.05) is 65.3 Å². The summed E-state index contributed by atoms with van der Waals surface area (Å²) >= 11 is 3.59. The minimum Gasteiger partial charge on any atom is -0.0996 e. The predicted octanol–water partition coefficient (Wildman–Crippen LogP) is 4.60. The summed E-state index contributed by atoms with van der Waals surface area (Å²) in [6.07, 6.45) is 2.27. The first kappa shape index (κ1) is 12.5. The lowest BCUT2D eigenvalue weighted by Gasteiger charge is -2.28. The summed E-state index contributed by atoms with van der Waals surface area (Å²) in [5.41, 5.74) is 2.89. The third-order valence-electron chi connectivity index (χ3n) is 3.13. The van der Waals surface area contributed by atoms with Crippen molar-refractivity contribution in [3.63, 3.8) is 0 Å². The molecule has 0 aliphatic heterocycles. The van der Waals surface area contributed by atoms with E-state index in [9.17, 15) is 0 Å². The molecular formula is C14H19Br. The second-order valence-corrected chi connectivity index (χ2v) is 5.02. The van der Waals surface area contributed by atoms with E-state index >= 15 is 0 Å². The number of aryl methyl sites for hydroxylation is 1. The van der Waals surface area contributed by atoms with Crippen LogP contribution in [0.15, 0.2) is 42.5 Å². The van der Waals surface area contributed by atoms with Gasteiger partial charge in [-0.25, -0.2) is 0 Å². The maximum absolute atomic E-state index is 4.08. The number of allylic oxidation sites excluding steroid dienone is 1. The van der Waals surface area contributed by atoms with E-state index < -0.39 is 0 Å². The molecule has 0 N–H and O–H groups in total. The van der Waals surface area contributed by atoms with Crippen LogP contribution in [-0.4, -0.2) is 5.33 Å². The molecule has 1 unspecified atom stereocenters. The molecule has 0 radical (unpaired) electrons. The SMILES string of the molecule is C=C(C)C(C)(CBr)CCc1ccccc1. The summed E-state index contributed by atoms with van der Waals surface area (Å²) < 4.78 is 0. The zero-order chi connectivity index (χ0) is 11.3. The van der Waals surface area contributed by atoms with Crippen molar-refractivity contribution in [1.29, 1.82) is 0 Å². The highest BCUT2D eigenvalue weighted by Gasteiger charge is 2.23. The Morgan fingerprint density at radius 2 is 1.93 bits per heavy atom. The monoisotopic (exact) mass is 266 g/mol. The van der Waals surface area contributed by atoms with Gasteiger partial charge in [0.25, 0.3) is 0 Å². The molecule has 0 saturated heterocycles. The van der Waals surface area contributed by atoms with Crippen LogP contribution < -0.4 is 0 Å². The number of benzene rings is 1. The Bertz CT molecular complexity index is 315. The summed E-state index contributed by atoms with van der Waals surface area (Å²) in [6, 6.07) is 10.6. The maximum Gasteiger partial charge on any atom is 0.0123 e. The number of hydrogen-bond acceptors (Lipinski definition) is 0. The Kier molecular flexibility index (Phi) is 4.59. The predicted molar refractivity (Wildman–Crippen MR) is 71.5 cm³/mol. The van der Waals surface area contributed by atoms with Gasteiger partial charge in [-0.05, 0) is 30.7 Å². The number of halogens is 1. The molecule has 0 heterocycles. The van der Waals surface area contributed by atoms with E-state index in [4.69, 9.17) is 0 Å². The summed E-state index contributed by atoms with van der Waals surface area (Å²) in [5, 5.41) is 0.988. The molecule has 1 aromatic rings. The third kappa shape index (κ3) is 3.49. The van der Waals surface area contributed by atoms with E-state index in [1.807, 2.05) is 0 Å². The maximum atomic E-state index is 4.08. The second kappa shape index (κ2) is 5.50. The number of alkyl halides is 1. The largest absolute Gasteiger partial charge is 0.0996 e. The topological polar surface area (TPSA) is 0 Å². The molecule has 1 atom stereocenters. The van der Waals surface area contributed by atoms with E-state index in [1.54, 1.807) is 0 Å². The quantitative estimate of drug-likeness (QED) is 0.540. The third-order valence-corrected chi connectivity index (χ3v) is 4.37. The average Bonchev–Trinajstić information content (AvgIpc) is 2.27. The van der Waals surface area contributed by atoms with E-state index in [0.717, 1.165) is 18.2 Å². The van der Waals surface area contributed by atoms with Gasteiger partial charge in [-0.2, -0.15) is 0 Å².